The topological polar surface area (TPSA) is 106 Å². The van der Waals surface area contributed by atoms with Gasteiger partial charge in [0.15, 0.2) is 5.69 Å². The number of carbonyl (C=O) groups is 2. The van der Waals surface area contributed by atoms with Gasteiger partial charge in [-0.2, -0.15) is 5.10 Å². The Hall–Kier alpha value is -2.71. The predicted molar refractivity (Wildman–Crippen MR) is 72.5 cm³/mol. The van der Waals surface area contributed by atoms with E-state index in [-0.39, 0.29) is 23.8 Å². The van der Waals surface area contributed by atoms with Crippen LogP contribution in [0.1, 0.15) is 17.4 Å². The molecule has 1 amide bonds. The first-order valence-corrected chi connectivity index (χ1v) is 6.33. The summed E-state index contributed by atoms with van der Waals surface area (Å²) in [6, 6.07) is 0. The largest absolute Gasteiger partial charge is 0.476 e. The highest BCUT2D eigenvalue weighted by Crippen LogP contribution is 2.21. The summed E-state index contributed by atoms with van der Waals surface area (Å²) in [5.74, 6) is -1.37. The third-order valence-electron chi connectivity index (χ3n) is 3.10. The predicted octanol–water partition coefficient (Wildman–Crippen LogP) is -0.145. The second-order valence-corrected chi connectivity index (χ2v) is 4.56. The molecule has 0 radical (unpaired) electrons. The van der Waals surface area contributed by atoms with Crippen LogP contribution in [0.15, 0.2) is 12.4 Å². The molecule has 0 aliphatic carbocycles. The number of aromatic carboxylic acids is 1. The van der Waals surface area contributed by atoms with Crippen LogP contribution >= 0.6 is 0 Å². The Morgan fingerprint density at radius 3 is 2.67 bits per heavy atom. The zero-order chi connectivity index (χ0) is 15.6. The smallest absolute Gasteiger partial charge is 0.358 e. The van der Waals surface area contributed by atoms with Crippen molar-refractivity contribution in [3.05, 3.63) is 18.1 Å². The van der Waals surface area contributed by atoms with Gasteiger partial charge in [-0.3, -0.25) is 9.48 Å². The number of aryl methyl sites for hydroxylation is 1. The number of hydrogen-bond acceptors (Lipinski definition) is 5. The number of aromatic nitrogens is 5. The number of rotatable bonds is 5. The zero-order valence-electron chi connectivity index (χ0n) is 12.0. The van der Waals surface area contributed by atoms with Gasteiger partial charge in [-0.05, 0) is 6.92 Å². The van der Waals surface area contributed by atoms with Gasteiger partial charge in [-0.25, -0.2) is 9.48 Å². The Bertz CT molecular complexity index is 674. The second kappa shape index (κ2) is 5.73. The molecule has 2 rings (SSSR count). The normalized spacial score (nSPS) is 10.6. The third kappa shape index (κ3) is 2.91. The highest BCUT2D eigenvalue weighted by molar-refractivity contribution is 5.92. The summed E-state index contributed by atoms with van der Waals surface area (Å²) in [5.41, 5.74) is 0.621. The molecule has 2 heterocycles. The third-order valence-corrected chi connectivity index (χ3v) is 3.10. The lowest BCUT2D eigenvalue weighted by atomic mass is 10.2. The van der Waals surface area contributed by atoms with Crippen LogP contribution < -0.4 is 0 Å². The van der Waals surface area contributed by atoms with E-state index in [0.29, 0.717) is 12.1 Å². The minimum atomic E-state index is -1.20. The van der Waals surface area contributed by atoms with Gasteiger partial charge in [0, 0.05) is 32.4 Å². The van der Waals surface area contributed by atoms with E-state index in [1.807, 2.05) is 6.92 Å². The first-order chi connectivity index (χ1) is 9.93. The number of carboxylic acids is 1. The van der Waals surface area contributed by atoms with Crippen molar-refractivity contribution in [1.29, 1.82) is 0 Å². The molecular formula is C12H16N6O3. The summed E-state index contributed by atoms with van der Waals surface area (Å²) >= 11 is 0. The highest BCUT2D eigenvalue weighted by atomic mass is 16.4. The number of nitrogens with zero attached hydrogens (tertiary/aromatic N) is 6. The van der Waals surface area contributed by atoms with Crippen molar-refractivity contribution in [3.63, 3.8) is 0 Å². The van der Waals surface area contributed by atoms with Crippen molar-refractivity contribution in [2.24, 2.45) is 7.05 Å². The molecule has 1 N–H and O–H groups in total. The molecule has 0 spiro atoms. The molecule has 2 aromatic heterocycles. The Morgan fingerprint density at radius 1 is 1.43 bits per heavy atom. The van der Waals surface area contributed by atoms with Crippen LogP contribution in [0.4, 0.5) is 0 Å². The first kappa shape index (κ1) is 14.7. The molecule has 0 saturated carbocycles. The van der Waals surface area contributed by atoms with Crippen molar-refractivity contribution in [2.45, 2.75) is 13.5 Å². The van der Waals surface area contributed by atoms with Crippen molar-refractivity contribution in [3.8, 4) is 11.3 Å². The van der Waals surface area contributed by atoms with Crippen molar-refractivity contribution in [1.82, 2.24) is 29.7 Å². The van der Waals surface area contributed by atoms with Crippen molar-refractivity contribution >= 4 is 11.9 Å². The fourth-order valence-electron chi connectivity index (χ4n) is 1.82. The van der Waals surface area contributed by atoms with Gasteiger partial charge in [0.25, 0.3) is 0 Å². The molecule has 0 atom stereocenters. The van der Waals surface area contributed by atoms with E-state index in [2.05, 4.69) is 15.4 Å². The van der Waals surface area contributed by atoms with E-state index in [1.54, 1.807) is 20.3 Å². The lowest BCUT2D eigenvalue weighted by Crippen LogP contribution is -2.30. The maximum Gasteiger partial charge on any atom is 0.358 e. The fraction of sp³-hybridized carbons (Fsp3) is 0.417. The molecule has 0 aromatic carbocycles. The minimum Gasteiger partial charge on any atom is -0.476 e. The van der Waals surface area contributed by atoms with Gasteiger partial charge in [0.05, 0.1) is 6.20 Å². The molecule has 0 bridgehead atoms. The molecule has 0 saturated heterocycles. The van der Waals surface area contributed by atoms with Gasteiger partial charge in [-0.15, -0.1) is 5.10 Å². The molecule has 21 heavy (non-hydrogen) atoms. The Labute approximate surface area is 120 Å². The zero-order valence-corrected chi connectivity index (χ0v) is 12.0. The van der Waals surface area contributed by atoms with E-state index < -0.39 is 5.97 Å². The summed E-state index contributed by atoms with van der Waals surface area (Å²) in [5, 5.41) is 20.6. The van der Waals surface area contributed by atoms with Gasteiger partial charge < -0.3 is 10.0 Å². The standard InChI is InChI=1S/C12H16N6O3/c1-4-16(2)9(19)7-18-11(8-5-13-17(3)6-8)10(12(20)21)14-15-18/h5-6H,4,7H2,1-3H3,(H,20,21). The molecule has 0 fully saturated rings. The van der Waals surface area contributed by atoms with Gasteiger partial charge in [0.1, 0.15) is 12.2 Å². The monoisotopic (exact) mass is 292 g/mol. The summed E-state index contributed by atoms with van der Waals surface area (Å²) in [6.45, 7) is 2.33. The SMILES string of the molecule is CCN(C)C(=O)Cn1nnc(C(=O)O)c1-c1cnn(C)c1. The molecule has 9 nitrogen and oxygen atoms in total. The molecule has 112 valence electrons. The van der Waals surface area contributed by atoms with Crippen LogP contribution in [0.2, 0.25) is 0 Å². The average Bonchev–Trinajstić information content (AvgIpc) is 3.03. The molecular weight excluding hydrogens is 276 g/mol. The van der Waals surface area contributed by atoms with Crippen LogP contribution in [0.5, 0.6) is 0 Å². The van der Waals surface area contributed by atoms with Crippen LogP contribution in [0, 0.1) is 0 Å². The lowest BCUT2D eigenvalue weighted by molar-refractivity contribution is -0.130. The number of carbonyl (C=O) groups excluding carboxylic acids is 1. The highest BCUT2D eigenvalue weighted by Gasteiger charge is 2.23. The summed E-state index contributed by atoms with van der Waals surface area (Å²) in [6.07, 6.45) is 3.16. The second-order valence-electron chi connectivity index (χ2n) is 4.56. The van der Waals surface area contributed by atoms with E-state index in [0.717, 1.165) is 0 Å². The summed E-state index contributed by atoms with van der Waals surface area (Å²) in [7, 11) is 3.38. The number of amides is 1. The maximum absolute atomic E-state index is 12.0. The first-order valence-electron chi connectivity index (χ1n) is 6.33. The van der Waals surface area contributed by atoms with E-state index in [4.69, 9.17) is 0 Å². The van der Waals surface area contributed by atoms with Crippen LogP contribution in [-0.4, -0.2) is 60.2 Å². The number of likely N-dealkylation sites (N-methyl/N-ethyl adjacent to an activating group) is 1. The Morgan fingerprint density at radius 2 is 2.14 bits per heavy atom. The van der Waals surface area contributed by atoms with Crippen LogP contribution in [0.3, 0.4) is 0 Å². The van der Waals surface area contributed by atoms with Gasteiger partial charge in [0.2, 0.25) is 5.91 Å². The van der Waals surface area contributed by atoms with Crippen molar-refractivity contribution in [2.75, 3.05) is 13.6 Å². The number of hydrogen-bond donors (Lipinski definition) is 1. The summed E-state index contributed by atoms with van der Waals surface area (Å²) < 4.78 is 2.83. The van der Waals surface area contributed by atoms with Gasteiger partial charge in [-0.1, -0.05) is 5.21 Å². The van der Waals surface area contributed by atoms with Crippen LogP contribution in [-0.2, 0) is 18.4 Å². The maximum atomic E-state index is 12.0. The Balaban J connectivity index is 2.43. The number of carboxylic acid groups (broad SMARTS) is 1. The molecule has 0 aliphatic rings. The quantitative estimate of drug-likeness (QED) is 0.821. The molecule has 0 aliphatic heterocycles. The molecule has 2 aromatic rings. The summed E-state index contributed by atoms with van der Waals surface area (Å²) in [4.78, 5) is 24.8. The molecule has 0 unspecified atom stereocenters. The lowest BCUT2D eigenvalue weighted by Gasteiger charge is -2.14. The minimum absolute atomic E-state index is 0.0746. The average molecular weight is 292 g/mol. The molecule has 9 heteroatoms. The van der Waals surface area contributed by atoms with E-state index >= 15 is 0 Å². The van der Waals surface area contributed by atoms with E-state index in [1.165, 1.54) is 20.5 Å². The van der Waals surface area contributed by atoms with Crippen molar-refractivity contribution < 1.29 is 14.7 Å². The Kier molecular flexibility index (Phi) is 4.01. The van der Waals surface area contributed by atoms with E-state index in [9.17, 15) is 14.7 Å². The fourth-order valence-corrected chi connectivity index (χ4v) is 1.82. The van der Waals surface area contributed by atoms with Gasteiger partial charge >= 0.3 is 5.97 Å². The van der Waals surface area contributed by atoms with Crippen LogP contribution in [0.25, 0.3) is 11.3 Å².